The molecular formula is C24H46O4Sn. The molecule has 0 aliphatic carbocycles. The van der Waals surface area contributed by atoms with Crippen molar-refractivity contribution in [2.75, 3.05) is 13.2 Å². The molecule has 0 fully saturated rings. The van der Waals surface area contributed by atoms with Gasteiger partial charge >= 0.3 is 187 Å². The van der Waals surface area contributed by atoms with E-state index < -0.39 is 19.8 Å². The van der Waals surface area contributed by atoms with E-state index in [4.69, 9.17) is 9.47 Å². The summed E-state index contributed by atoms with van der Waals surface area (Å²) in [5, 5.41) is 0. The van der Waals surface area contributed by atoms with Crippen LogP contribution in [0.1, 0.15) is 105 Å². The molecule has 0 unspecified atom stereocenters. The number of hydrogen-bond donors (Lipinski definition) is 0. The maximum atomic E-state index is 12.8. The van der Waals surface area contributed by atoms with Gasteiger partial charge in [0.15, 0.2) is 0 Å². The fourth-order valence-electron chi connectivity index (χ4n) is 3.35. The first-order chi connectivity index (χ1) is 14.1. The Bertz CT molecular complexity index is 440. The van der Waals surface area contributed by atoms with Gasteiger partial charge < -0.3 is 0 Å². The van der Waals surface area contributed by atoms with E-state index in [1.807, 2.05) is 0 Å². The molecular weight excluding hydrogens is 471 g/mol. The number of ether oxygens (including phenoxy) is 2. The molecule has 0 radical (unpaired) electrons. The molecule has 0 N–H and O–H groups in total. The van der Waals surface area contributed by atoms with E-state index in [9.17, 15) is 9.59 Å². The van der Waals surface area contributed by atoms with Gasteiger partial charge in [0.05, 0.1) is 0 Å². The molecule has 0 bridgehead atoms. The van der Waals surface area contributed by atoms with Gasteiger partial charge in [-0.3, -0.25) is 0 Å². The molecule has 0 spiro atoms. The van der Waals surface area contributed by atoms with Crippen LogP contribution in [0.4, 0.5) is 0 Å². The topological polar surface area (TPSA) is 52.6 Å². The Hall–Kier alpha value is -0.521. The van der Waals surface area contributed by atoms with Crippen LogP contribution in [0.2, 0.25) is 8.87 Å². The van der Waals surface area contributed by atoms with Gasteiger partial charge in [-0.15, -0.1) is 0 Å². The fourth-order valence-corrected chi connectivity index (χ4v) is 13.3. The molecule has 0 rings (SSSR count). The van der Waals surface area contributed by atoms with Gasteiger partial charge in [-0.05, 0) is 0 Å². The third-order valence-corrected chi connectivity index (χ3v) is 15.2. The molecule has 0 aromatic heterocycles. The van der Waals surface area contributed by atoms with Gasteiger partial charge in [0.1, 0.15) is 0 Å². The van der Waals surface area contributed by atoms with Crippen LogP contribution in [0.15, 0.2) is 9.67 Å². The van der Waals surface area contributed by atoms with Crippen molar-refractivity contribution in [3.8, 4) is 0 Å². The van der Waals surface area contributed by atoms with Crippen molar-refractivity contribution in [3.63, 3.8) is 0 Å². The molecule has 170 valence electrons. The van der Waals surface area contributed by atoms with Gasteiger partial charge in [0.25, 0.3) is 0 Å². The summed E-state index contributed by atoms with van der Waals surface area (Å²) in [6.07, 6.45) is 14.6. The summed E-state index contributed by atoms with van der Waals surface area (Å²) >= 11 is -2.35. The van der Waals surface area contributed by atoms with Gasteiger partial charge in [0, 0.05) is 0 Å². The number of esters is 2. The third kappa shape index (κ3) is 15.9. The quantitative estimate of drug-likeness (QED) is 0.0847. The summed E-state index contributed by atoms with van der Waals surface area (Å²) in [4.78, 5) is 25.2. The molecule has 5 heteroatoms. The Morgan fingerprint density at radius 1 is 0.655 bits per heavy atom. The molecule has 29 heavy (non-hydrogen) atoms. The second-order valence-electron chi connectivity index (χ2n) is 8.01. The normalized spacial score (nSPS) is 11.7. The summed E-state index contributed by atoms with van der Waals surface area (Å²) in [6, 6.07) is 0. The van der Waals surface area contributed by atoms with Crippen molar-refractivity contribution in [2.24, 2.45) is 0 Å². The fraction of sp³-hybridized carbons (Fsp3) is 0.833. The average molecular weight is 517 g/mol. The molecule has 0 aliphatic rings. The SMILES string of the molecule is CCCCCCOC(=O)/C=[C](\C(=O)OCCCCCC)[SnH]([CH2]CCC)[CH2]CCC. The molecule has 0 heterocycles. The van der Waals surface area contributed by atoms with Gasteiger partial charge in [-0.2, -0.15) is 0 Å². The number of carbonyl (C=O) groups is 2. The number of hydrogen-bond acceptors (Lipinski definition) is 4. The van der Waals surface area contributed by atoms with Crippen molar-refractivity contribution in [1.82, 2.24) is 0 Å². The first-order valence-electron chi connectivity index (χ1n) is 12.2. The van der Waals surface area contributed by atoms with E-state index in [1.54, 1.807) is 0 Å². The summed E-state index contributed by atoms with van der Waals surface area (Å²) in [6.45, 7) is 9.60. The molecule has 0 atom stereocenters. The van der Waals surface area contributed by atoms with Crippen LogP contribution in [0.25, 0.3) is 0 Å². The summed E-state index contributed by atoms with van der Waals surface area (Å²) in [5.74, 6) is -0.591. The maximum absolute atomic E-state index is 12.8. The van der Waals surface area contributed by atoms with Crippen LogP contribution in [0.3, 0.4) is 0 Å². The van der Waals surface area contributed by atoms with E-state index in [2.05, 4.69) is 27.7 Å². The van der Waals surface area contributed by atoms with Crippen molar-refractivity contribution in [3.05, 3.63) is 9.67 Å². The first kappa shape index (κ1) is 28.5. The predicted molar refractivity (Wildman–Crippen MR) is 125 cm³/mol. The van der Waals surface area contributed by atoms with E-state index in [-0.39, 0.29) is 11.9 Å². The summed E-state index contributed by atoms with van der Waals surface area (Å²) < 4.78 is 14.0. The van der Waals surface area contributed by atoms with Crippen molar-refractivity contribution in [2.45, 2.75) is 114 Å². The van der Waals surface area contributed by atoms with E-state index in [1.165, 1.54) is 12.5 Å². The molecule has 0 amide bonds. The summed E-state index contributed by atoms with van der Waals surface area (Å²) in [7, 11) is 0. The average Bonchev–Trinajstić information content (AvgIpc) is 2.72. The Balaban J connectivity index is 5.01. The monoisotopic (exact) mass is 518 g/mol. The molecule has 0 aromatic rings. The van der Waals surface area contributed by atoms with Crippen molar-refractivity contribution < 1.29 is 19.1 Å². The first-order valence-corrected chi connectivity index (χ1v) is 18.5. The van der Waals surface area contributed by atoms with Crippen LogP contribution in [0, 0.1) is 0 Å². The zero-order valence-corrected chi connectivity index (χ0v) is 22.9. The number of unbranched alkanes of at least 4 members (excludes halogenated alkanes) is 8. The second kappa shape index (κ2) is 20.7. The minimum atomic E-state index is -2.35. The van der Waals surface area contributed by atoms with Gasteiger partial charge in [0.2, 0.25) is 0 Å². The van der Waals surface area contributed by atoms with Crippen LogP contribution in [-0.4, -0.2) is 44.9 Å². The Kier molecular flexibility index (Phi) is 20.4. The Morgan fingerprint density at radius 3 is 1.62 bits per heavy atom. The number of rotatable bonds is 19. The van der Waals surface area contributed by atoms with E-state index >= 15 is 0 Å². The van der Waals surface area contributed by atoms with E-state index in [0.717, 1.165) is 83.1 Å². The molecule has 0 aromatic carbocycles. The molecule has 0 saturated heterocycles. The van der Waals surface area contributed by atoms with Crippen molar-refractivity contribution >= 4 is 31.7 Å². The third-order valence-electron chi connectivity index (χ3n) is 5.23. The number of carbonyl (C=O) groups excluding carboxylic acids is 2. The predicted octanol–water partition coefficient (Wildman–Crippen LogP) is 6.53. The standard InChI is InChI=1S/C16H27O4.2C4H9.Sn.H/c1-3-5-7-9-13-19-15(17)11-12-16(18)20-14-10-8-6-4-2;2*1-3-4-2;;/h11H,3-10,13-14H2,1-2H3;2*1,3-4H2,2H3;;. The van der Waals surface area contributed by atoms with Crippen molar-refractivity contribution in [1.29, 1.82) is 0 Å². The minimum absolute atomic E-state index is 0.238. The Morgan fingerprint density at radius 2 is 1.14 bits per heavy atom. The summed E-state index contributed by atoms with van der Waals surface area (Å²) in [5.41, 5.74) is 0. The van der Waals surface area contributed by atoms with Crippen LogP contribution in [0.5, 0.6) is 0 Å². The van der Waals surface area contributed by atoms with Gasteiger partial charge in [-0.25, -0.2) is 0 Å². The van der Waals surface area contributed by atoms with Crippen LogP contribution < -0.4 is 0 Å². The zero-order chi connectivity index (χ0) is 21.7. The molecule has 4 nitrogen and oxygen atoms in total. The van der Waals surface area contributed by atoms with Crippen LogP contribution >= 0.6 is 0 Å². The second-order valence-corrected chi connectivity index (χ2v) is 17.1. The zero-order valence-electron chi connectivity index (χ0n) is 19.6. The van der Waals surface area contributed by atoms with E-state index in [0.29, 0.717) is 13.2 Å². The molecule has 0 aliphatic heterocycles. The van der Waals surface area contributed by atoms with Gasteiger partial charge in [-0.1, -0.05) is 0 Å². The Labute approximate surface area is 186 Å². The molecule has 0 saturated carbocycles. The van der Waals surface area contributed by atoms with Crippen LogP contribution in [-0.2, 0) is 19.1 Å².